The Morgan fingerprint density at radius 1 is 1.58 bits per heavy atom. The van der Waals surface area contributed by atoms with Crippen molar-refractivity contribution in [2.45, 2.75) is 20.0 Å². The molecule has 0 radical (unpaired) electrons. The van der Waals surface area contributed by atoms with Crippen LogP contribution in [0.2, 0.25) is 0 Å². The van der Waals surface area contributed by atoms with Gasteiger partial charge in [-0.05, 0) is 18.1 Å². The Hall–Kier alpha value is -1.75. The van der Waals surface area contributed by atoms with Crippen molar-refractivity contribution >= 4 is 5.91 Å². The molecule has 2 N–H and O–H groups in total. The van der Waals surface area contributed by atoms with Gasteiger partial charge in [-0.25, -0.2) is 0 Å². The first kappa shape index (κ1) is 13.7. The number of hydrogen-bond acceptors (Lipinski definition) is 4. The number of amides is 1. The Bertz CT molecular complexity index is 459. The highest BCUT2D eigenvalue weighted by Crippen LogP contribution is 2.34. The third-order valence-corrected chi connectivity index (χ3v) is 2.82. The molecule has 0 fully saturated rings. The molecule has 0 spiro atoms. The van der Waals surface area contributed by atoms with Gasteiger partial charge in [-0.15, -0.1) is 0 Å². The molecule has 0 aromatic heterocycles. The van der Waals surface area contributed by atoms with E-state index in [4.69, 9.17) is 9.47 Å². The zero-order chi connectivity index (χ0) is 13.8. The maximum atomic E-state index is 11.5. The van der Waals surface area contributed by atoms with Gasteiger partial charge in [0.05, 0.1) is 0 Å². The number of hydrogen-bond donors (Lipinski definition) is 2. The number of fused-ring (bicyclic) bond motifs is 1. The minimum absolute atomic E-state index is 0.0198. The van der Waals surface area contributed by atoms with Crippen molar-refractivity contribution < 1.29 is 19.4 Å². The van der Waals surface area contributed by atoms with Crippen molar-refractivity contribution in [1.29, 1.82) is 0 Å². The van der Waals surface area contributed by atoms with Crippen molar-refractivity contribution in [3.63, 3.8) is 0 Å². The SMILES string of the molecule is CC(C)CNC(=O)COc1ccc2c(c1)OCC2O. The summed E-state index contributed by atoms with van der Waals surface area (Å²) in [5.74, 6) is 1.45. The van der Waals surface area contributed by atoms with E-state index < -0.39 is 6.10 Å². The molecule has 1 aromatic rings. The maximum absolute atomic E-state index is 11.5. The molecule has 19 heavy (non-hydrogen) atoms. The largest absolute Gasteiger partial charge is 0.490 e. The summed E-state index contributed by atoms with van der Waals surface area (Å²) in [4.78, 5) is 11.5. The van der Waals surface area contributed by atoms with E-state index in [1.54, 1.807) is 18.2 Å². The normalized spacial score (nSPS) is 16.9. The van der Waals surface area contributed by atoms with Crippen molar-refractivity contribution in [2.24, 2.45) is 5.92 Å². The summed E-state index contributed by atoms with van der Waals surface area (Å²) in [6.45, 7) is 4.96. The molecule has 1 atom stereocenters. The lowest BCUT2D eigenvalue weighted by Gasteiger charge is -2.10. The van der Waals surface area contributed by atoms with Gasteiger partial charge in [0, 0.05) is 18.2 Å². The lowest BCUT2D eigenvalue weighted by atomic mass is 10.1. The number of aliphatic hydroxyl groups is 1. The Morgan fingerprint density at radius 2 is 2.37 bits per heavy atom. The van der Waals surface area contributed by atoms with Crippen LogP contribution < -0.4 is 14.8 Å². The first-order chi connectivity index (χ1) is 9.06. The number of aliphatic hydroxyl groups excluding tert-OH is 1. The molecule has 5 nitrogen and oxygen atoms in total. The fourth-order valence-electron chi connectivity index (χ4n) is 1.78. The standard InChI is InChI=1S/C14H19NO4/c1-9(2)6-15-14(17)8-18-10-3-4-11-12(16)7-19-13(11)5-10/h3-5,9,12,16H,6-8H2,1-2H3,(H,15,17). The summed E-state index contributed by atoms with van der Waals surface area (Å²) < 4.78 is 10.7. The molecule has 104 valence electrons. The summed E-state index contributed by atoms with van der Waals surface area (Å²) in [7, 11) is 0. The Balaban J connectivity index is 1.85. The summed E-state index contributed by atoms with van der Waals surface area (Å²) in [6, 6.07) is 5.18. The maximum Gasteiger partial charge on any atom is 0.257 e. The number of ether oxygens (including phenoxy) is 2. The summed E-state index contributed by atoms with van der Waals surface area (Å²) in [5, 5.41) is 12.4. The zero-order valence-corrected chi connectivity index (χ0v) is 11.2. The van der Waals surface area contributed by atoms with Crippen LogP contribution in [0.4, 0.5) is 0 Å². The van der Waals surface area contributed by atoms with E-state index in [1.807, 2.05) is 13.8 Å². The van der Waals surface area contributed by atoms with E-state index in [2.05, 4.69) is 5.32 Å². The smallest absolute Gasteiger partial charge is 0.257 e. The van der Waals surface area contributed by atoms with Crippen LogP contribution in [0.1, 0.15) is 25.5 Å². The second-order valence-corrected chi connectivity index (χ2v) is 5.01. The monoisotopic (exact) mass is 265 g/mol. The third-order valence-electron chi connectivity index (χ3n) is 2.82. The number of carbonyl (C=O) groups excluding carboxylic acids is 1. The lowest BCUT2D eigenvalue weighted by molar-refractivity contribution is -0.123. The van der Waals surface area contributed by atoms with Gasteiger partial charge < -0.3 is 19.9 Å². The number of rotatable bonds is 5. The molecular formula is C14H19NO4. The molecule has 1 heterocycles. The highest BCUT2D eigenvalue weighted by molar-refractivity contribution is 5.77. The van der Waals surface area contributed by atoms with Gasteiger partial charge in [-0.2, -0.15) is 0 Å². The number of benzene rings is 1. The molecule has 1 unspecified atom stereocenters. The van der Waals surface area contributed by atoms with Gasteiger partial charge in [0.1, 0.15) is 24.2 Å². The first-order valence-corrected chi connectivity index (χ1v) is 6.40. The van der Waals surface area contributed by atoms with Crippen molar-refractivity contribution in [3.05, 3.63) is 23.8 Å². The Labute approximate surface area is 112 Å². The molecule has 1 amide bonds. The molecule has 0 bridgehead atoms. The molecule has 1 aromatic carbocycles. The van der Waals surface area contributed by atoms with E-state index in [9.17, 15) is 9.90 Å². The lowest BCUT2D eigenvalue weighted by Crippen LogP contribution is -2.31. The van der Waals surface area contributed by atoms with E-state index in [0.29, 0.717) is 24.0 Å². The molecule has 0 saturated heterocycles. The second-order valence-electron chi connectivity index (χ2n) is 5.01. The quantitative estimate of drug-likeness (QED) is 0.841. The van der Waals surface area contributed by atoms with Crippen LogP contribution in [0.3, 0.4) is 0 Å². The molecule has 0 aliphatic carbocycles. The molecule has 1 aliphatic heterocycles. The number of carbonyl (C=O) groups is 1. The minimum Gasteiger partial charge on any atom is -0.490 e. The second kappa shape index (κ2) is 5.93. The fraction of sp³-hybridized carbons (Fsp3) is 0.500. The Morgan fingerprint density at radius 3 is 3.11 bits per heavy atom. The van der Waals surface area contributed by atoms with E-state index in [1.165, 1.54) is 0 Å². The summed E-state index contributed by atoms with van der Waals surface area (Å²) >= 11 is 0. The molecule has 1 aliphatic rings. The predicted octanol–water partition coefficient (Wildman–Crippen LogP) is 1.26. The first-order valence-electron chi connectivity index (χ1n) is 6.40. The predicted molar refractivity (Wildman–Crippen MR) is 70.2 cm³/mol. The average molecular weight is 265 g/mol. The van der Waals surface area contributed by atoms with Crippen LogP contribution in [0.15, 0.2) is 18.2 Å². The van der Waals surface area contributed by atoms with Crippen molar-refractivity contribution in [2.75, 3.05) is 19.8 Å². The van der Waals surface area contributed by atoms with Gasteiger partial charge in [0.25, 0.3) is 5.91 Å². The van der Waals surface area contributed by atoms with Crippen molar-refractivity contribution in [1.82, 2.24) is 5.32 Å². The number of nitrogens with one attached hydrogen (secondary N) is 1. The van der Waals surface area contributed by atoms with Crippen LogP contribution in [-0.2, 0) is 4.79 Å². The zero-order valence-electron chi connectivity index (χ0n) is 11.2. The van der Waals surface area contributed by atoms with E-state index >= 15 is 0 Å². The molecule has 2 rings (SSSR count). The average Bonchev–Trinajstić information content (AvgIpc) is 2.75. The van der Waals surface area contributed by atoms with Gasteiger partial charge in [-0.1, -0.05) is 13.8 Å². The van der Waals surface area contributed by atoms with Crippen LogP contribution in [0.25, 0.3) is 0 Å². The molecule has 5 heteroatoms. The van der Waals surface area contributed by atoms with Gasteiger partial charge in [0.2, 0.25) is 0 Å². The van der Waals surface area contributed by atoms with Crippen molar-refractivity contribution in [3.8, 4) is 11.5 Å². The highest BCUT2D eigenvalue weighted by atomic mass is 16.5. The highest BCUT2D eigenvalue weighted by Gasteiger charge is 2.22. The molecular weight excluding hydrogens is 246 g/mol. The van der Waals surface area contributed by atoms with Gasteiger partial charge >= 0.3 is 0 Å². The van der Waals surface area contributed by atoms with Gasteiger partial charge in [-0.3, -0.25) is 4.79 Å². The van der Waals surface area contributed by atoms with E-state index in [-0.39, 0.29) is 19.1 Å². The summed E-state index contributed by atoms with van der Waals surface area (Å²) in [6.07, 6.45) is -0.571. The van der Waals surface area contributed by atoms with Crippen LogP contribution >= 0.6 is 0 Å². The molecule has 0 saturated carbocycles. The van der Waals surface area contributed by atoms with Crippen LogP contribution in [0, 0.1) is 5.92 Å². The van der Waals surface area contributed by atoms with Crippen LogP contribution in [-0.4, -0.2) is 30.8 Å². The van der Waals surface area contributed by atoms with Crippen LogP contribution in [0.5, 0.6) is 11.5 Å². The fourth-order valence-corrected chi connectivity index (χ4v) is 1.78. The Kier molecular flexibility index (Phi) is 4.27. The van der Waals surface area contributed by atoms with Gasteiger partial charge in [0.15, 0.2) is 6.61 Å². The third kappa shape index (κ3) is 3.61. The topological polar surface area (TPSA) is 67.8 Å². The summed E-state index contributed by atoms with van der Waals surface area (Å²) in [5.41, 5.74) is 0.761. The van der Waals surface area contributed by atoms with E-state index in [0.717, 1.165) is 5.56 Å². The minimum atomic E-state index is -0.571.